The second-order valence-corrected chi connectivity index (χ2v) is 5.86. The Kier molecular flexibility index (Phi) is 7.79. The van der Waals surface area contributed by atoms with Crippen LogP contribution in [0.4, 0.5) is 0 Å². The minimum absolute atomic E-state index is 0.295. The summed E-state index contributed by atoms with van der Waals surface area (Å²) < 4.78 is 11.9. The Balaban J connectivity index is 1.57. The number of aliphatic hydroxyl groups is 1. The average Bonchev–Trinajstić information content (AvgIpc) is 2.53. The molecule has 0 aromatic heterocycles. The van der Waals surface area contributed by atoms with Crippen LogP contribution < -0.4 is 0 Å². The van der Waals surface area contributed by atoms with Gasteiger partial charge in [-0.3, -0.25) is 0 Å². The van der Waals surface area contributed by atoms with Crippen molar-refractivity contribution in [3.8, 4) is 0 Å². The molecule has 0 radical (unpaired) electrons. The number of rotatable bonds is 9. The standard InChI is InChI=1S/C18H28O3/c19-13-5-4-9-17-10-6-11-18(21-17)12-14-20-15-16-7-2-1-3-8-16/h1-3,7-8,17-19H,4-6,9-15H2. The predicted molar refractivity (Wildman–Crippen MR) is 84.2 cm³/mol. The molecule has 1 fully saturated rings. The predicted octanol–water partition coefficient (Wildman–Crippen LogP) is 3.69. The van der Waals surface area contributed by atoms with Gasteiger partial charge in [0.15, 0.2) is 0 Å². The van der Waals surface area contributed by atoms with Crippen LogP contribution in [-0.4, -0.2) is 30.5 Å². The number of aliphatic hydroxyl groups excluding tert-OH is 1. The van der Waals surface area contributed by atoms with Crippen LogP contribution in [-0.2, 0) is 16.1 Å². The molecule has 2 unspecified atom stereocenters. The summed E-state index contributed by atoms with van der Waals surface area (Å²) in [6, 6.07) is 10.3. The number of unbranched alkanes of at least 4 members (excludes halogenated alkanes) is 1. The Morgan fingerprint density at radius 1 is 1.05 bits per heavy atom. The third-order valence-corrected chi connectivity index (χ3v) is 4.07. The summed E-state index contributed by atoms with van der Waals surface area (Å²) in [4.78, 5) is 0. The van der Waals surface area contributed by atoms with Crippen molar-refractivity contribution in [2.75, 3.05) is 13.2 Å². The average molecular weight is 292 g/mol. The third kappa shape index (κ3) is 6.60. The molecular formula is C18H28O3. The molecule has 2 atom stereocenters. The summed E-state index contributed by atoms with van der Waals surface area (Å²) in [5, 5.41) is 8.83. The smallest absolute Gasteiger partial charge is 0.0716 e. The van der Waals surface area contributed by atoms with Gasteiger partial charge in [0.25, 0.3) is 0 Å². The quantitative estimate of drug-likeness (QED) is 0.705. The first-order valence-corrected chi connectivity index (χ1v) is 8.26. The van der Waals surface area contributed by atoms with Gasteiger partial charge >= 0.3 is 0 Å². The molecule has 1 heterocycles. The van der Waals surface area contributed by atoms with Crippen LogP contribution in [0.3, 0.4) is 0 Å². The second kappa shape index (κ2) is 9.93. The fraction of sp³-hybridized carbons (Fsp3) is 0.667. The van der Waals surface area contributed by atoms with Crippen LogP contribution in [0.5, 0.6) is 0 Å². The van der Waals surface area contributed by atoms with E-state index in [4.69, 9.17) is 14.6 Å². The summed E-state index contributed by atoms with van der Waals surface area (Å²) in [5.41, 5.74) is 1.23. The molecule has 1 aliphatic heterocycles. The van der Waals surface area contributed by atoms with Gasteiger partial charge in [-0.25, -0.2) is 0 Å². The van der Waals surface area contributed by atoms with Gasteiger partial charge in [-0.15, -0.1) is 0 Å². The van der Waals surface area contributed by atoms with E-state index in [1.165, 1.54) is 18.4 Å². The van der Waals surface area contributed by atoms with Gasteiger partial charge in [0.1, 0.15) is 0 Å². The Morgan fingerprint density at radius 3 is 2.57 bits per heavy atom. The molecule has 1 aromatic carbocycles. The molecule has 21 heavy (non-hydrogen) atoms. The van der Waals surface area contributed by atoms with Crippen molar-refractivity contribution in [2.24, 2.45) is 0 Å². The van der Waals surface area contributed by atoms with Gasteiger partial charge < -0.3 is 14.6 Å². The highest BCUT2D eigenvalue weighted by molar-refractivity contribution is 5.13. The third-order valence-electron chi connectivity index (χ3n) is 4.07. The maximum absolute atomic E-state index is 8.83. The van der Waals surface area contributed by atoms with Gasteiger partial charge in [0.2, 0.25) is 0 Å². The lowest BCUT2D eigenvalue weighted by Gasteiger charge is -2.30. The lowest BCUT2D eigenvalue weighted by Crippen LogP contribution is -2.28. The second-order valence-electron chi connectivity index (χ2n) is 5.86. The van der Waals surface area contributed by atoms with Crippen LogP contribution in [0.25, 0.3) is 0 Å². The Hall–Kier alpha value is -0.900. The fourth-order valence-electron chi connectivity index (χ4n) is 2.87. The molecule has 1 N–H and O–H groups in total. The first-order valence-electron chi connectivity index (χ1n) is 8.26. The van der Waals surface area contributed by atoms with E-state index in [2.05, 4.69) is 12.1 Å². The summed E-state index contributed by atoms with van der Waals surface area (Å²) >= 11 is 0. The van der Waals surface area contributed by atoms with E-state index in [-0.39, 0.29) is 0 Å². The van der Waals surface area contributed by atoms with E-state index in [1.54, 1.807) is 0 Å². The summed E-state index contributed by atoms with van der Waals surface area (Å²) in [5.74, 6) is 0. The molecule has 3 heteroatoms. The van der Waals surface area contributed by atoms with Gasteiger partial charge in [0.05, 0.1) is 18.8 Å². The molecule has 3 nitrogen and oxygen atoms in total. The van der Waals surface area contributed by atoms with Crippen LogP contribution in [0, 0.1) is 0 Å². The lowest BCUT2D eigenvalue weighted by molar-refractivity contribution is -0.0674. The minimum atomic E-state index is 0.295. The van der Waals surface area contributed by atoms with Crippen molar-refractivity contribution >= 4 is 0 Å². The van der Waals surface area contributed by atoms with E-state index < -0.39 is 0 Å². The molecule has 1 aromatic rings. The van der Waals surface area contributed by atoms with Crippen molar-refractivity contribution in [1.82, 2.24) is 0 Å². The number of ether oxygens (including phenoxy) is 2. The topological polar surface area (TPSA) is 38.7 Å². The van der Waals surface area contributed by atoms with Gasteiger partial charge in [-0.05, 0) is 50.5 Å². The molecule has 0 saturated carbocycles. The monoisotopic (exact) mass is 292 g/mol. The zero-order chi connectivity index (χ0) is 14.8. The highest BCUT2D eigenvalue weighted by atomic mass is 16.5. The first kappa shape index (κ1) is 16.5. The maximum atomic E-state index is 8.83. The Morgan fingerprint density at radius 2 is 1.81 bits per heavy atom. The summed E-state index contributed by atoms with van der Waals surface area (Å²) in [7, 11) is 0. The Labute approximate surface area is 128 Å². The van der Waals surface area contributed by atoms with E-state index >= 15 is 0 Å². The van der Waals surface area contributed by atoms with Crippen LogP contribution >= 0.6 is 0 Å². The van der Waals surface area contributed by atoms with E-state index in [9.17, 15) is 0 Å². The van der Waals surface area contributed by atoms with E-state index in [0.717, 1.165) is 38.7 Å². The molecule has 0 amide bonds. The zero-order valence-electron chi connectivity index (χ0n) is 12.9. The molecule has 1 saturated heterocycles. The summed E-state index contributed by atoms with van der Waals surface area (Å²) in [6.07, 6.45) is 8.37. The molecule has 2 rings (SSSR count). The van der Waals surface area contributed by atoms with Gasteiger partial charge in [-0.2, -0.15) is 0 Å². The zero-order valence-corrected chi connectivity index (χ0v) is 12.9. The molecule has 1 aliphatic rings. The first-order chi connectivity index (χ1) is 10.4. The van der Waals surface area contributed by atoms with Crippen molar-refractivity contribution in [3.05, 3.63) is 35.9 Å². The minimum Gasteiger partial charge on any atom is -0.396 e. The maximum Gasteiger partial charge on any atom is 0.0716 e. The van der Waals surface area contributed by atoms with Crippen LogP contribution in [0.1, 0.15) is 50.5 Å². The van der Waals surface area contributed by atoms with Crippen molar-refractivity contribution in [1.29, 1.82) is 0 Å². The lowest BCUT2D eigenvalue weighted by atomic mass is 9.99. The van der Waals surface area contributed by atoms with Crippen molar-refractivity contribution in [3.63, 3.8) is 0 Å². The molecule has 0 bridgehead atoms. The van der Waals surface area contributed by atoms with Crippen LogP contribution in [0.2, 0.25) is 0 Å². The highest BCUT2D eigenvalue weighted by Gasteiger charge is 2.21. The van der Waals surface area contributed by atoms with Crippen molar-refractivity contribution < 1.29 is 14.6 Å². The normalized spacial score (nSPS) is 22.3. The fourth-order valence-corrected chi connectivity index (χ4v) is 2.87. The van der Waals surface area contributed by atoms with E-state index in [1.807, 2.05) is 18.2 Å². The molecule has 0 spiro atoms. The van der Waals surface area contributed by atoms with Crippen LogP contribution in [0.15, 0.2) is 30.3 Å². The van der Waals surface area contributed by atoms with Crippen molar-refractivity contribution in [2.45, 2.75) is 63.8 Å². The highest BCUT2D eigenvalue weighted by Crippen LogP contribution is 2.24. The molecular weight excluding hydrogens is 264 g/mol. The SMILES string of the molecule is OCCCCC1CCCC(CCOCc2ccccc2)O1. The van der Waals surface area contributed by atoms with Gasteiger partial charge in [-0.1, -0.05) is 30.3 Å². The summed E-state index contributed by atoms with van der Waals surface area (Å²) in [6.45, 7) is 1.75. The number of benzene rings is 1. The largest absolute Gasteiger partial charge is 0.396 e. The van der Waals surface area contributed by atoms with Gasteiger partial charge in [0, 0.05) is 13.2 Å². The number of hydrogen-bond acceptors (Lipinski definition) is 3. The molecule has 118 valence electrons. The Bertz CT molecular complexity index is 366. The molecule has 0 aliphatic carbocycles. The number of hydrogen-bond donors (Lipinski definition) is 1. The van der Waals surface area contributed by atoms with E-state index in [0.29, 0.717) is 25.4 Å².